The highest BCUT2D eigenvalue weighted by molar-refractivity contribution is 9.10. The highest BCUT2D eigenvalue weighted by Crippen LogP contribution is 2.53. The van der Waals surface area contributed by atoms with E-state index in [1.54, 1.807) is 0 Å². The van der Waals surface area contributed by atoms with Gasteiger partial charge in [-0.3, -0.25) is 0 Å². The van der Waals surface area contributed by atoms with Gasteiger partial charge in [0.15, 0.2) is 0 Å². The lowest BCUT2D eigenvalue weighted by atomic mass is 9.57. The molecule has 1 heterocycles. The zero-order valence-corrected chi connectivity index (χ0v) is 17.2. The van der Waals surface area contributed by atoms with Crippen LogP contribution in [-0.4, -0.2) is 36.3 Å². The number of rotatable bonds is 4. The molecule has 1 saturated carbocycles. The van der Waals surface area contributed by atoms with Crippen molar-refractivity contribution in [3.8, 4) is 5.75 Å². The van der Waals surface area contributed by atoms with Crippen LogP contribution < -0.4 is 4.74 Å². The van der Waals surface area contributed by atoms with Gasteiger partial charge in [-0.2, -0.15) is 0 Å². The average molecular weight is 410 g/mol. The lowest BCUT2D eigenvalue weighted by Gasteiger charge is -2.58. The van der Waals surface area contributed by atoms with Gasteiger partial charge in [0.05, 0.1) is 6.61 Å². The number of benzene rings is 1. The van der Waals surface area contributed by atoms with Crippen molar-refractivity contribution in [3.63, 3.8) is 0 Å². The highest BCUT2D eigenvalue weighted by Gasteiger charge is 2.53. The van der Waals surface area contributed by atoms with Crippen molar-refractivity contribution >= 4 is 22.0 Å². The molecule has 0 atom stereocenters. The number of ether oxygens (including phenoxy) is 2. The Balaban J connectivity index is 1.36. The largest absolute Gasteiger partial charge is 0.493 e. The Hall–Kier alpha value is -1.23. The summed E-state index contributed by atoms with van der Waals surface area (Å²) in [6.07, 6.45) is 3.32. The summed E-state index contributed by atoms with van der Waals surface area (Å²) in [6.45, 7) is 10.3. The molecule has 1 aliphatic carbocycles. The van der Waals surface area contributed by atoms with Gasteiger partial charge in [-0.1, -0.05) is 22.0 Å². The number of carbonyl (C=O) groups excluding carboxylic acids is 1. The third-order valence-corrected chi connectivity index (χ3v) is 6.01. The maximum Gasteiger partial charge on any atom is 0.410 e. The molecule has 0 N–H and O–H groups in total. The molecule has 25 heavy (non-hydrogen) atoms. The summed E-state index contributed by atoms with van der Waals surface area (Å²) in [4.78, 5) is 13.9. The van der Waals surface area contributed by atoms with Gasteiger partial charge in [0.2, 0.25) is 0 Å². The van der Waals surface area contributed by atoms with E-state index in [1.165, 1.54) is 12.8 Å². The zero-order chi connectivity index (χ0) is 18.2. The molecule has 2 fully saturated rings. The minimum absolute atomic E-state index is 0.171. The molecule has 3 rings (SSSR count). The molecular formula is C20H28BrNO3. The highest BCUT2D eigenvalue weighted by atomic mass is 79.9. The van der Waals surface area contributed by atoms with Crippen molar-refractivity contribution in [3.05, 3.63) is 28.2 Å². The Labute approximate surface area is 159 Å². The first-order chi connectivity index (χ1) is 11.7. The van der Waals surface area contributed by atoms with Crippen LogP contribution in [0, 0.1) is 18.3 Å². The summed E-state index contributed by atoms with van der Waals surface area (Å²) < 4.78 is 12.5. The smallest absolute Gasteiger partial charge is 0.410 e. The van der Waals surface area contributed by atoms with E-state index < -0.39 is 5.60 Å². The van der Waals surface area contributed by atoms with Crippen molar-refractivity contribution in [2.24, 2.45) is 11.3 Å². The van der Waals surface area contributed by atoms with Gasteiger partial charge in [-0.25, -0.2) is 4.79 Å². The van der Waals surface area contributed by atoms with Gasteiger partial charge >= 0.3 is 6.09 Å². The van der Waals surface area contributed by atoms with E-state index in [0.29, 0.717) is 11.3 Å². The second kappa shape index (κ2) is 6.82. The SMILES string of the molecule is Cc1c(Br)cccc1OCCC1CC2(C1)CN(C(=O)OC(C)(C)C)C2. The minimum atomic E-state index is -0.413. The van der Waals surface area contributed by atoms with E-state index in [2.05, 4.69) is 22.9 Å². The minimum Gasteiger partial charge on any atom is -0.493 e. The van der Waals surface area contributed by atoms with Gasteiger partial charge in [-0.05, 0) is 65.0 Å². The molecule has 1 aromatic carbocycles. The van der Waals surface area contributed by atoms with Crippen LogP contribution in [0.3, 0.4) is 0 Å². The van der Waals surface area contributed by atoms with Gasteiger partial charge in [0.25, 0.3) is 0 Å². The third-order valence-electron chi connectivity index (χ3n) is 5.15. The summed E-state index contributed by atoms with van der Waals surface area (Å²) in [5.74, 6) is 1.68. The predicted octanol–water partition coefficient (Wildman–Crippen LogP) is 5.17. The third kappa shape index (κ3) is 4.30. The molecule has 2 aliphatic rings. The molecular weight excluding hydrogens is 382 g/mol. The zero-order valence-electron chi connectivity index (χ0n) is 15.6. The molecule has 0 radical (unpaired) electrons. The first-order valence-electron chi connectivity index (χ1n) is 9.03. The van der Waals surface area contributed by atoms with Crippen LogP contribution in [0.25, 0.3) is 0 Å². The van der Waals surface area contributed by atoms with Crippen molar-refractivity contribution in [2.75, 3.05) is 19.7 Å². The summed E-state index contributed by atoms with van der Waals surface area (Å²) in [5, 5.41) is 0. The fourth-order valence-electron chi connectivity index (χ4n) is 3.93. The quantitative estimate of drug-likeness (QED) is 0.687. The molecule has 1 aromatic rings. The number of nitrogens with zero attached hydrogens (tertiary/aromatic N) is 1. The van der Waals surface area contributed by atoms with E-state index in [-0.39, 0.29) is 6.09 Å². The van der Waals surface area contributed by atoms with Crippen molar-refractivity contribution in [1.82, 2.24) is 4.90 Å². The second-order valence-electron chi connectivity index (χ2n) is 8.61. The van der Waals surface area contributed by atoms with E-state index >= 15 is 0 Å². The first kappa shape index (κ1) is 18.6. The van der Waals surface area contributed by atoms with Gasteiger partial charge in [0.1, 0.15) is 11.4 Å². The molecule has 0 aromatic heterocycles. The predicted molar refractivity (Wildman–Crippen MR) is 102 cm³/mol. The molecule has 0 unspecified atom stereocenters. The average Bonchev–Trinajstić information content (AvgIpc) is 2.41. The molecule has 1 amide bonds. The van der Waals surface area contributed by atoms with Crippen LogP contribution in [0.5, 0.6) is 5.75 Å². The summed E-state index contributed by atoms with van der Waals surface area (Å²) in [5.41, 5.74) is 1.09. The van der Waals surface area contributed by atoms with Crippen molar-refractivity contribution in [2.45, 2.75) is 52.6 Å². The van der Waals surface area contributed by atoms with Crippen molar-refractivity contribution in [1.29, 1.82) is 0 Å². The van der Waals surface area contributed by atoms with Crippen LogP contribution in [0.1, 0.15) is 45.6 Å². The Kier molecular flexibility index (Phi) is 5.06. The number of hydrogen-bond acceptors (Lipinski definition) is 3. The van der Waals surface area contributed by atoms with Crippen LogP contribution in [0.2, 0.25) is 0 Å². The molecule has 1 saturated heterocycles. The molecule has 4 nitrogen and oxygen atoms in total. The lowest BCUT2D eigenvalue weighted by molar-refractivity contribution is -0.0981. The van der Waals surface area contributed by atoms with E-state index in [0.717, 1.165) is 41.9 Å². The van der Waals surface area contributed by atoms with E-state index in [4.69, 9.17) is 9.47 Å². The first-order valence-corrected chi connectivity index (χ1v) is 9.83. The molecule has 138 valence electrons. The van der Waals surface area contributed by atoms with E-state index in [9.17, 15) is 4.79 Å². The molecule has 1 spiro atoms. The van der Waals surface area contributed by atoms with Crippen LogP contribution in [-0.2, 0) is 4.74 Å². The monoisotopic (exact) mass is 409 g/mol. The van der Waals surface area contributed by atoms with Crippen molar-refractivity contribution < 1.29 is 14.3 Å². The number of carbonyl (C=O) groups is 1. The topological polar surface area (TPSA) is 38.8 Å². The van der Waals surface area contributed by atoms with Gasteiger partial charge in [0, 0.05) is 28.5 Å². The second-order valence-corrected chi connectivity index (χ2v) is 9.47. The number of amides is 1. The fourth-order valence-corrected chi connectivity index (χ4v) is 4.27. The number of likely N-dealkylation sites (tertiary alicyclic amines) is 1. The van der Waals surface area contributed by atoms with Crippen LogP contribution in [0.4, 0.5) is 4.79 Å². The lowest BCUT2D eigenvalue weighted by Crippen LogP contribution is -2.64. The Bertz CT molecular complexity index is 639. The Morgan fingerprint density at radius 1 is 1.32 bits per heavy atom. The number of halogens is 1. The molecule has 0 bridgehead atoms. The fraction of sp³-hybridized carbons (Fsp3) is 0.650. The Morgan fingerprint density at radius 3 is 2.64 bits per heavy atom. The van der Waals surface area contributed by atoms with E-state index in [1.807, 2.05) is 43.9 Å². The standard InChI is InChI=1S/C20H28BrNO3/c1-14-16(21)6-5-7-17(14)24-9-8-15-10-20(11-15)12-22(13-20)18(23)25-19(2,3)4/h5-7,15H,8-13H2,1-4H3. The van der Waals surface area contributed by atoms with Crippen LogP contribution >= 0.6 is 15.9 Å². The van der Waals surface area contributed by atoms with Crippen LogP contribution in [0.15, 0.2) is 22.7 Å². The summed E-state index contributed by atoms with van der Waals surface area (Å²) in [6, 6.07) is 6.06. The summed E-state index contributed by atoms with van der Waals surface area (Å²) >= 11 is 3.54. The maximum atomic E-state index is 12.0. The number of hydrogen-bond donors (Lipinski definition) is 0. The molecule has 5 heteroatoms. The molecule has 1 aliphatic heterocycles. The maximum absolute atomic E-state index is 12.0. The van der Waals surface area contributed by atoms with Gasteiger partial charge < -0.3 is 14.4 Å². The summed E-state index contributed by atoms with van der Waals surface area (Å²) in [7, 11) is 0. The normalized spacial score (nSPS) is 19.3. The Morgan fingerprint density at radius 2 is 2.00 bits per heavy atom. The van der Waals surface area contributed by atoms with Gasteiger partial charge in [-0.15, -0.1) is 0 Å².